The van der Waals surface area contributed by atoms with Crippen molar-refractivity contribution in [1.82, 2.24) is 9.97 Å². The summed E-state index contributed by atoms with van der Waals surface area (Å²) in [6, 6.07) is 8.96. The molecule has 0 aliphatic carbocycles. The summed E-state index contributed by atoms with van der Waals surface area (Å²) in [7, 11) is 1.58. The van der Waals surface area contributed by atoms with E-state index in [2.05, 4.69) is 9.97 Å². The van der Waals surface area contributed by atoms with Gasteiger partial charge in [-0.1, -0.05) is 37.3 Å². The van der Waals surface area contributed by atoms with Gasteiger partial charge in [-0.15, -0.1) is 0 Å². The Morgan fingerprint density at radius 2 is 2.05 bits per heavy atom. The minimum absolute atomic E-state index is 0.0894. The average Bonchev–Trinajstić information content (AvgIpc) is 2.39. The summed E-state index contributed by atoms with van der Waals surface area (Å²) in [6.07, 6.45) is 0. The number of aromatic amines is 1. The molecule has 0 radical (unpaired) electrons. The maximum atomic E-state index is 12.1. The third kappa shape index (κ3) is 2.82. The van der Waals surface area contributed by atoms with E-state index in [-0.39, 0.29) is 22.9 Å². The van der Waals surface area contributed by atoms with Gasteiger partial charge in [0.2, 0.25) is 5.88 Å². The van der Waals surface area contributed by atoms with Crippen molar-refractivity contribution in [2.75, 3.05) is 13.7 Å². The predicted molar refractivity (Wildman–Crippen MR) is 72.2 cm³/mol. The second-order valence-corrected chi connectivity index (χ2v) is 4.37. The number of rotatable bonds is 4. The number of methoxy groups -OCH3 is 1. The predicted octanol–water partition coefficient (Wildman–Crippen LogP) is 1.89. The lowest BCUT2D eigenvalue weighted by atomic mass is 10.1. The van der Waals surface area contributed by atoms with Crippen molar-refractivity contribution in [3.05, 3.63) is 46.5 Å². The molecule has 0 bridgehead atoms. The van der Waals surface area contributed by atoms with Gasteiger partial charge in [0.1, 0.15) is 11.4 Å². The second-order valence-electron chi connectivity index (χ2n) is 4.37. The van der Waals surface area contributed by atoms with Crippen molar-refractivity contribution in [1.29, 1.82) is 0 Å². The van der Waals surface area contributed by atoms with E-state index in [1.807, 2.05) is 13.0 Å². The molecular weight excluding hydrogens is 244 g/mol. The van der Waals surface area contributed by atoms with E-state index in [1.54, 1.807) is 31.4 Å². The van der Waals surface area contributed by atoms with Gasteiger partial charge in [0.05, 0.1) is 6.61 Å². The molecule has 1 heterocycles. The molecule has 1 aromatic heterocycles. The first kappa shape index (κ1) is 13.3. The minimum Gasteiger partial charge on any atom is -0.493 e. The smallest absolute Gasteiger partial charge is 0.262 e. The normalized spacial score (nSPS) is 12.3. The summed E-state index contributed by atoms with van der Waals surface area (Å²) in [5, 5.41) is 9.97. The van der Waals surface area contributed by atoms with Crippen molar-refractivity contribution in [2.24, 2.45) is 0 Å². The molecular formula is C14H16N2O3. The lowest BCUT2D eigenvalue weighted by Gasteiger charge is -2.11. The maximum Gasteiger partial charge on any atom is 0.262 e. The van der Waals surface area contributed by atoms with Gasteiger partial charge in [-0.2, -0.15) is 4.98 Å². The van der Waals surface area contributed by atoms with Gasteiger partial charge in [-0.25, -0.2) is 0 Å². The molecule has 0 aliphatic rings. The molecule has 0 aliphatic heterocycles. The molecule has 1 atom stereocenters. The highest BCUT2D eigenvalue weighted by Gasteiger charge is 2.15. The molecule has 1 unspecified atom stereocenters. The van der Waals surface area contributed by atoms with Gasteiger partial charge >= 0.3 is 0 Å². The maximum absolute atomic E-state index is 12.1. The molecule has 5 nitrogen and oxygen atoms in total. The third-order valence-corrected chi connectivity index (χ3v) is 2.86. The summed E-state index contributed by atoms with van der Waals surface area (Å²) < 4.78 is 5.01. The number of hydrogen-bond acceptors (Lipinski definition) is 4. The Hall–Kier alpha value is -2.14. The number of hydrogen-bond donors (Lipinski definition) is 2. The molecule has 19 heavy (non-hydrogen) atoms. The van der Waals surface area contributed by atoms with Gasteiger partial charge in [0, 0.05) is 13.0 Å². The first-order valence-corrected chi connectivity index (χ1v) is 6.01. The number of nitrogens with zero attached hydrogens (tertiary/aromatic N) is 1. The van der Waals surface area contributed by atoms with Gasteiger partial charge in [-0.3, -0.25) is 4.79 Å². The highest BCUT2D eigenvalue weighted by atomic mass is 16.5. The Morgan fingerprint density at radius 3 is 2.63 bits per heavy atom. The molecule has 0 amide bonds. The van der Waals surface area contributed by atoms with Crippen LogP contribution in [0.3, 0.4) is 0 Å². The number of ether oxygens (including phenoxy) is 1. The Balaban J connectivity index is 2.47. The van der Waals surface area contributed by atoms with Crippen molar-refractivity contribution in [2.45, 2.75) is 12.8 Å². The van der Waals surface area contributed by atoms with Crippen LogP contribution in [-0.2, 0) is 4.74 Å². The van der Waals surface area contributed by atoms with E-state index < -0.39 is 0 Å². The van der Waals surface area contributed by atoms with Crippen LogP contribution >= 0.6 is 0 Å². The number of aromatic nitrogens is 2. The van der Waals surface area contributed by atoms with Crippen LogP contribution in [0.2, 0.25) is 0 Å². The average molecular weight is 260 g/mol. The summed E-state index contributed by atoms with van der Waals surface area (Å²) in [6.45, 7) is 2.29. The SMILES string of the molecule is COCC(C)c1nc(O)c(-c2ccccc2)c(=O)[nH]1. The second kappa shape index (κ2) is 5.67. The Bertz CT molecular complexity index is 608. The Kier molecular flexibility index (Phi) is 3.97. The number of H-pyrrole nitrogens is 1. The molecule has 0 fully saturated rings. The van der Waals surface area contributed by atoms with Crippen LogP contribution in [0.15, 0.2) is 35.1 Å². The molecule has 0 spiro atoms. The molecule has 5 heteroatoms. The first-order chi connectivity index (χ1) is 9.13. The molecule has 1 aromatic carbocycles. The van der Waals surface area contributed by atoms with E-state index in [1.165, 1.54) is 0 Å². The van der Waals surface area contributed by atoms with E-state index >= 15 is 0 Å². The van der Waals surface area contributed by atoms with Gasteiger partial charge in [0.25, 0.3) is 5.56 Å². The van der Waals surface area contributed by atoms with E-state index in [4.69, 9.17) is 4.74 Å². The van der Waals surface area contributed by atoms with Crippen LogP contribution in [0, 0.1) is 0 Å². The van der Waals surface area contributed by atoms with Crippen molar-refractivity contribution < 1.29 is 9.84 Å². The zero-order chi connectivity index (χ0) is 13.8. The molecule has 0 saturated carbocycles. The van der Waals surface area contributed by atoms with Crippen molar-refractivity contribution in [3.63, 3.8) is 0 Å². The molecule has 100 valence electrons. The standard InChI is InChI=1S/C14H16N2O3/c1-9(8-19-2)12-15-13(17)11(14(18)16-12)10-6-4-3-5-7-10/h3-7,9H,8H2,1-2H3,(H2,15,16,17,18). The monoisotopic (exact) mass is 260 g/mol. The quantitative estimate of drug-likeness (QED) is 0.880. The first-order valence-electron chi connectivity index (χ1n) is 6.01. The summed E-state index contributed by atoms with van der Waals surface area (Å²) >= 11 is 0. The van der Waals surface area contributed by atoms with E-state index in [9.17, 15) is 9.90 Å². The fourth-order valence-electron chi connectivity index (χ4n) is 1.91. The minimum atomic E-state index is -0.350. The van der Waals surface area contributed by atoms with Crippen LogP contribution in [0.1, 0.15) is 18.7 Å². The molecule has 2 rings (SSSR count). The van der Waals surface area contributed by atoms with Gasteiger partial charge in [0.15, 0.2) is 0 Å². The largest absolute Gasteiger partial charge is 0.493 e. The lowest BCUT2D eigenvalue weighted by Crippen LogP contribution is -2.17. The number of nitrogens with one attached hydrogen (secondary N) is 1. The Labute approximate surface area is 110 Å². The van der Waals surface area contributed by atoms with Crippen molar-refractivity contribution >= 4 is 0 Å². The lowest BCUT2D eigenvalue weighted by molar-refractivity contribution is 0.181. The zero-order valence-corrected chi connectivity index (χ0v) is 10.9. The van der Waals surface area contributed by atoms with Crippen LogP contribution in [0.4, 0.5) is 0 Å². The van der Waals surface area contributed by atoms with E-state index in [0.29, 0.717) is 18.0 Å². The topological polar surface area (TPSA) is 75.2 Å². The third-order valence-electron chi connectivity index (χ3n) is 2.86. The van der Waals surface area contributed by atoms with Gasteiger partial charge in [-0.05, 0) is 5.56 Å². The fourth-order valence-corrected chi connectivity index (χ4v) is 1.91. The van der Waals surface area contributed by atoms with Gasteiger partial charge < -0.3 is 14.8 Å². The summed E-state index contributed by atoms with van der Waals surface area (Å²) in [5.74, 6) is 0.0744. The molecule has 2 N–H and O–H groups in total. The van der Waals surface area contributed by atoms with Crippen LogP contribution in [0.25, 0.3) is 11.1 Å². The van der Waals surface area contributed by atoms with E-state index in [0.717, 1.165) is 0 Å². The van der Waals surface area contributed by atoms with Crippen LogP contribution in [0.5, 0.6) is 5.88 Å². The number of benzene rings is 1. The molecule has 0 saturated heterocycles. The zero-order valence-electron chi connectivity index (χ0n) is 10.9. The Morgan fingerprint density at radius 1 is 1.37 bits per heavy atom. The highest BCUT2D eigenvalue weighted by Crippen LogP contribution is 2.24. The summed E-state index contributed by atoms with van der Waals surface area (Å²) in [5.41, 5.74) is 0.477. The summed E-state index contributed by atoms with van der Waals surface area (Å²) in [4.78, 5) is 18.8. The highest BCUT2D eigenvalue weighted by molar-refractivity contribution is 5.66. The van der Waals surface area contributed by atoms with Crippen LogP contribution in [-0.4, -0.2) is 28.8 Å². The number of aromatic hydroxyl groups is 1. The van der Waals surface area contributed by atoms with Crippen LogP contribution < -0.4 is 5.56 Å². The molecule has 2 aromatic rings. The van der Waals surface area contributed by atoms with Crippen molar-refractivity contribution in [3.8, 4) is 17.0 Å². The fraction of sp³-hybridized carbons (Fsp3) is 0.286.